The van der Waals surface area contributed by atoms with Crippen LogP contribution in [0.5, 0.6) is 0 Å². The molecule has 0 saturated heterocycles. The largest absolute Gasteiger partial charge is 0.481 e. The molecule has 6 nitrogen and oxygen atoms in total. The number of esters is 1. The van der Waals surface area contributed by atoms with E-state index in [1.807, 2.05) is 0 Å². The molecule has 0 aromatic carbocycles. The first kappa shape index (κ1) is 14.9. The summed E-state index contributed by atoms with van der Waals surface area (Å²) < 4.78 is 4.86. The van der Waals surface area contributed by atoms with E-state index in [4.69, 9.17) is 9.84 Å². The molecule has 2 aliphatic rings. The molecule has 0 bridgehead atoms. The van der Waals surface area contributed by atoms with Crippen LogP contribution in [-0.4, -0.2) is 34.1 Å². The van der Waals surface area contributed by atoms with Crippen LogP contribution < -0.4 is 0 Å². The molecule has 6 heteroatoms. The van der Waals surface area contributed by atoms with E-state index in [9.17, 15) is 9.59 Å². The summed E-state index contributed by atoms with van der Waals surface area (Å²) >= 11 is 0. The molecule has 22 heavy (non-hydrogen) atoms. The predicted molar refractivity (Wildman–Crippen MR) is 77.3 cm³/mol. The van der Waals surface area contributed by atoms with E-state index in [1.54, 1.807) is 12.4 Å². The van der Waals surface area contributed by atoms with Crippen LogP contribution in [0.1, 0.15) is 55.8 Å². The molecular formula is C16H20N2O4. The molecular weight excluding hydrogens is 284 g/mol. The van der Waals surface area contributed by atoms with Gasteiger partial charge < -0.3 is 9.84 Å². The number of rotatable bonds is 4. The van der Waals surface area contributed by atoms with Gasteiger partial charge in [-0.1, -0.05) is 0 Å². The molecule has 3 rings (SSSR count). The van der Waals surface area contributed by atoms with Crippen LogP contribution in [0.3, 0.4) is 0 Å². The number of ether oxygens (including phenoxy) is 1. The molecule has 1 N–H and O–H groups in total. The van der Waals surface area contributed by atoms with Gasteiger partial charge in [0.2, 0.25) is 0 Å². The highest BCUT2D eigenvalue weighted by Gasteiger charge is 2.53. The SMILES string of the molecule is COC(=O)C1(c2cnc(C3CCC(C(=O)O)CC3)nc2)CC1. The summed E-state index contributed by atoms with van der Waals surface area (Å²) in [5.41, 5.74) is 0.288. The normalized spacial score (nSPS) is 26.2. The van der Waals surface area contributed by atoms with Crippen LogP contribution >= 0.6 is 0 Å². The number of aromatic nitrogens is 2. The minimum absolute atomic E-state index is 0.217. The van der Waals surface area contributed by atoms with E-state index in [0.29, 0.717) is 12.8 Å². The minimum Gasteiger partial charge on any atom is -0.481 e. The number of hydrogen-bond acceptors (Lipinski definition) is 5. The van der Waals surface area contributed by atoms with Crippen molar-refractivity contribution in [3.8, 4) is 0 Å². The smallest absolute Gasteiger partial charge is 0.316 e. The molecule has 0 atom stereocenters. The second-order valence-electron chi connectivity index (χ2n) is 6.29. The number of carboxylic acid groups (broad SMARTS) is 1. The zero-order valence-electron chi connectivity index (χ0n) is 12.6. The maximum Gasteiger partial charge on any atom is 0.316 e. The van der Waals surface area contributed by atoms with Crippen molar-refractivity contribution >= 4 is 11.9 Å². The Morgan fingerprint density at radius 3 is 2.23 bits per heavy atom. The number of carboxylic acids is 1. The lowest BCUT2D eigenvalue weighted by Gasteiger charge is -2.25. The molecule has 0 aliphatic heterocycles. The first-order chi connectivity index (χ1) is 10.6. The summed E-state index contributed by atoms with van der Waals surface area (Å²) in [6, 6.07) is 0. The van der Waals surface area contributed by atoms with Crippen molar-refractivity contribution < 1.29 is 19.4 Å². The third kappa shape index (κ3) is 2.58. The Morgan fingerprint density at radius 2 is 1.77 bits per heavy atom. The number of aliphatic carboxylic acids is 1. The van der Waals surface area contributed by atoms with Gasteiger partial charge in [-0.15, -0.1) is 0 Å². The standard InChI is InChI=1S/C16H20N2O4/c1-22-15(21)16(6-7-16)12-8-17-13(18-9-12)10-2-4-11(5-3-10)14(19)20/h8-11H,2-7H2,1H3,(H,19,20). The van der Waals surface area contributed by atoms with Gasteiger partial charge in [-0.2, -0.15) is 0 Å². The number of carbonyl (C=O) groups is 2. The third-order valence-electron chi connectivity index (χ3n) is 4.99. The van der Waals surface area contributed by atoms with Gasteiger partial charge in [-0.05, 0) is 38.5 Å². The molecule has 2 fully saturated rings. The fraction of sp³-hybridized carbons (Fsp3) is 0.625. The lowest BCUT2D eigenvalue weighted by Crippen LogP contribution is -2.24. The summed E-state index contributed by atoms with van der Waals surface area (Å²) in [5.74, 6) is -0.176. The van der Waals surface area contributed by atoms with Crippen molar-refractivity contribution in [1.82, 2.24) is 9.97 Å². The Morgan fingerprint density at radius 1 is 1.18 bits per heavy atom. The molecule has 0 amide bonds. The van der Waals surface area contributed by atoms with E-state index in [2.05, 4.69) is 9.97 Å². The summed E-state index contributed by atoms with van der Waals surface area (Å²) in [6.07, 6.45) is 7.99. The maximum absolute atomic E-state index is 11.8. The number of carbonyl (C=O) groups excluding carboxylic acids is 1. The van der Waals surface area contributed by atoms with E-state index < -0.39 is 11.4 Å². The summed E-state index contributed by atoms with van der Waals surface area (Å²) in [7, 11) is 1.40. The van der Waals surface area contributed by atoms with Gasteiger partial charge in [-0.25, -0.2) is 9.97 Å². The average molecular weight is 304 g/mol. The summed E-state index contributed by atoms with van der Waals surface area (Å²) in [4.78, 5) is 31.7. The topological polar surface area (TPSA) is 89.4 Å². The second kappa shape index (κ2) is 5.66. The number of methoxy groups -OCH3 is 1. The summed E-state index contributed by atoms with van der Waals surface area (Å²) in [5, 5.41) is 9.03. The third-order valence-corrected chi connectivity index (χ3v) is 4.99. The predicted octanol–water partition coefficient (Wildman–Crippen LogP) is 2.04. The summed E-state index contributed by atoms with van der Waals surface area (Å²) in [6.45, 7) is 0. The molecule has 0 spiro atoms. The Labute approximate surface area is 128 Å². The van der Waals surface area contributed by atoms with Gasteiger partial charge in [0, 0.05) is 23.9 Å². The minimum atomic E-state index is -0.705. The molecule has 2 aliphatic carbocycles. The van der Waals surface area contributed by atoms with Crippen LogP contribution in [-0.2, 0) is 19.7 Å². The number of nitrogens with zero attached hydrogens (tertiary/aromatic N) is 2. The van der Waals surface area contributed by atoms with Gasteiger partial charge in [0.25, 0.3) is 0 Å². The zero-order chi connectivity index (χ0) is 15.7. The first-order valence-corrected chi connectivity index (χ1v) is 7.70. The molecule has 2 saturated carbocycles. The van der Waals surface area contributed by atoms with Crippen LogP contribution in [0.15, 0.2) is 12.4 Å². The van der Waals surface area contributed by atoms with Gasteiger partial charge in [-0.3, -0.25) is 9.59 Å². The second-order valence-corrected chi connectivity index (χ2v) is 6.29. The van der Waals surface area contributed by atoms with Crippen LogP contribution in [0.25, 0.3) is 0 Å². The fourth-order valence-corrected chi connectivity index (χ4v) is 3.33. The Hall–Kier alpha value is -1.98. The molecule has 0 radical (unpaired) electrons. The van der Waals surface area contributed by atoms with Crippen molar-refractivity contribution in [3.05, 3.63) is 23.8 Å². The molecule has 1 aromatic rings. The lowest BCUT2D eigenvalue weighted by molar-refractivity contribution is -0.144. The van der Waals surface area contributed by atoms with Gasteiger partial charge in [0.15, 0.2) is 0 Å². The van der Waals surface area contributed by atoms with Crippen molar-refractivity contribution in [2.24, 2.45) is 5.92 Å². The Bertz CT molecular complexity index is 572. The van der Waals surface area contributed by atoms with Crippen molar-refractivity contribution in [3.63, 3.8) is 0 Å². The van der Waals surface area contributed by atoms with E-state index >= 15 is 0 Å². The van der Waals surface area contributed by atoms with E-state index in [0.717, 1.165) is 37.1 Å². The van der Waals surface area contributed by atoms with Gasteiger partial charge in [0.05, 0.1) is 18.4 Å². The van der Waals surface area contributed by atoms with Crippen LogP contribution in [0, 0.1) is 5.92 Å². The Kier molecular flexibility index (Phi) is 3.85. The maximum atomic E-state index is 11.8. The van der Waals surface area contributed by atoms with Crippen LogP contribution in [0.4, 0.5) is 0 Å². The molecule has 118 valence electrons. The monoisotopic (exact) mass is 304 g/mol. The molecule has 1 aromatic heterocycles. The van der Waals surface area contributed by atoms with Crippen molar-refractivity contribution in [2.45, 2.75) is 49.9 Å². The van der Waals surface area contributed by atoms with Crippen LogP contribution in [0.2, 0.25) is 0 Å². The number of hydrogen-bond donors (Lipinski definition) is 1. The molecule has 1 heterocycles. The van der Waals surface area contributed by atoms with Crippen molar-refractivity contribution in [1.29, 1.82) is 0 Å². The lowest BCUT2D eigenvalue weighted by atomic mass is 9.81. The van der Waals surface area contributed by atoms with Gasteiger partial charge in [0.1, 0.15) is 5.82 Å². The van der Waals surface area contributed by atoms with Gasteiger partial charge >= 0.3 is 11.9 Å². The quantitative estimate of drug-likeness (QED) is 0.856. The van der Waals surface area contributed by atoms with E-state index in [1.165, 1.54) is 7.11 Å². The first-order valence-electron chi connectivity index (χ1n) is 7.70. The van der Waals surface area contributed by atoms with Crippen molar-refractivity contribution in [2.75, 3.05) is 7.11 Å². The molecule has 0 unspecified atom stereocenters. The zero-order valence-corrected chi connectivity index (χ0v) is 12.6. The Balaban J connectivity index is 1.68. The highest BCUT2D eigenvalue weighted by molar-refractivity contribution is 5.86. The highest BCUT2D eigenvalue weighted by atomic mass is 16.5. The fourth-order valence-electron chi connectivity index (χ4n) is 3.33. The highest BCUT2D eigenvalue weighted by Crippen LogP contribution is 2.48. The van der Waals surface area contributed by atoms with E-state index in [-0.39, 0.29) is 17.8 Å². The average Bonchev–Trinajstić information content (AvgIpc) is 3.36.